The third kappa shape index (κ3) is 4.12. The van der Waals surface area contributed by atoms with Gasteiger partial charge < -0.3 is 14.6 Å². The van der Waals surface area contributed by atoms with Crippen LogP contribution >= 0.6 is 0 Å². The molecule has 32 heavy (non-hydrogen) atoms. The van der Waals surface area contributed by atoms with Crippen LogP contribution < -0.4 is 10.1 Å². The molecule has 0 spiro atoms. The number of aryl methyl sites for hydroxylation is 2. The van der Waals surface area contributed by atoms with Crippen LogP contribution in [0, 0.1) is 13.8 Å². The van der Waals surface area contributed by atoms with Gasteiger partial charge in [-0.25, -0.2) is 4.98 Å². The number of nitrogens with one attached hydrogen (secondary N) is 2. The van der Waals surface area contributed by atoms with E-state index in [0.717, 1.165) is 22.6 Å². The number of para-hydroxylation sites is 1. The molecule has 8 heteroatoms. The van der Waals surface area contributed by atoms with Gasteiger partial charge in [-0.05, 0) is 63.1 Å². The molecule has 0 saturated heterocycles. The van der Waals surface area contributed by atoms with Crippen molar-refractivity contribution in [2.45, 2.75) is 39.2 Å². The zero-order valence-corrected chi connectivity index (χ0v) is 17.9. The Morgan fingerprint density at radius 3 is 2.66 bits per heavy atom. The van der Waals surface area contributed by atoms with E-state index in [1.165, 1.54) is 12.8 Å². The number of nitrogens with zero attached hydrogens (tertiary/aromatic N) is 3. The summed E-state index contributed by atoms with van der Waals surface area (Å²) in [6, 6.07) is 14.6. The minimum Gasteiger partial charge on any atom is -0.488 e. The first kappa shape index (κ1) is 20.0. The summed E-state index contributed by atoms with van der Waals surface area (Å²) in [7, 11) is 0. The Hall–Kier alpha value is -3.94. The summed E-state index contributed by atoms with van der Waals surface area (Å²) in [6.07, 6.45) is 2.34. The third-order valence-electron chi connectivity index (χ3n) is 5.55. The number of H-pyrrole nitrogens is 1. The van der Waals surface area contributed by atoms with Crippen LogP contribution in [0.5, 0.6) is 5.75 Å². The highest BCUT2D eigenvalue weighted by Gasteiger charge is 2.27. The number of carbonyl (C=O) groups excluding carboxylic acids is 1. The Bertz CT molecular complexity index is 1240. The molecular weight excluding hydrogens is 406 g/mol. The van der Waals surface area contributed by atoms with Crippen LogP contribution in [0.2, 0.25) is 0 Å². The SMILES string of the molecule is Cc1noc(C)c1COc1ccccc1C(=O)Nc1ccc(-c2n[nH]c(C3CC3)n2)cc1. The standard InChI is InChI=1S/C24H23N5O3/c1-14-20(15(2)32-29-14)13-31-21-6-4-3-5-19(21)24(30)25-18-11-9-17(10-12-18)23-26-22(27-28-23)16-7-8-16/h3-6,9-12,16H,7-8,13H2,1-2H3,(H,25,30)(H,26,27,28). The largest absolute Gasteiger partial charge is 0.488 e. The Balaban J connectivity index is 1.27. The van der Waals surface area contributed by atoms with Crippen molar-refractivity contribution < 1.29 is 14.1 Å². The summed E-state index contributed by atoms with van der Waals surface area (Å²) in [5.41, 5.74) is 3.69. The van der Waals surface area contributed by atoms with Gasteiger partial charge in [0, 0.05) is 17.2 Å². The number of hydrogen-bond acceptors (Lipinski definition) is 6. The Morgan fingerprint density at radius 1 is 1.16 bits per heavy atom. The maximum Gasteiger partial charge on any atom is 0.259 e. The van der Waals surface area contributed by atoms with Crippen LogP contribution in [-0.2, 0) is 6.61 Å². The predicted molar refractivity (Wildman–Crippen MR) is 118 cm³/mol. The molecule has 1 aliphatic rings. The van der Waals surface area contributed by atoms with Crippen molar-refractivity contribution in [2.24, 2.45) is 0 Å². The highest BCUT2D eigenvalue weighted by molar-refractivity contribution is 6.06. The number of amides is 1. The van der Waals surface area contributed by atoms with Gasteiger partial charge in [0.25, 0.3) is 5.91 Å². The smallest absolute Gasteiger partial charge is 0.259 e. The van der Waals surface area contributed by atoms with Gasteiger partial charge in [0.2, 0.25) is 0 Å². The summed E-state index contributed by atoms with van der Waals surface area (Å²) in [5.74, 6) is 3.10. The van der Waals surface area contributed by atoms with E-state index in [4.69, 9.17) is 9.26 Å². The van der Waals surface area contributed by atoms with Crippen LogP contribution in [0.4, 0.5) is 5.69 Å². The van der Waals surface area contributed by atoms with Crippen LogP contribution in [0.25, 0.3) is 11.4 Å². The van der Waals surface area contributed by atoms with Gasteiger partial charge in [-0.3, -0.25) is 9.89 Å². The molecule has 0 bridgehead atoms. The second-order valence-electron chi connectivity index (χ2n) is 7.94. The minimum absolute atomic E-state index is 0.249. The van der Waals surface area contributed by atoms with Crippen molar-refractivity contribution in [2.75, 3.05) is 5.32 Å². The van der Waals surface area contributed by atoms with Gasteiger partial charge in [-0.15, -0.1) is 0 Å². The van der Waals surface area contributed by atoms with E-state index in [1.807, 2.05) is 50.2 Å². The van der Waals surface area contributed by atoms with E-state index in [2.05, 4.69) is 25.7 Å². The number of anilines is 1. The number of benzene rings is 2. The Labute approximate surface area is 185 Å². The van der Waals surface area contributed by atoms with E-state index in [1.54, 1.807) is 12.1 Å². The number of aromatic amines is 1. The molecule has 1 saturated carbocycles. The lowest BCUT2D eigenvalue weighted by Gasteiger charge is -2.12. The number of aromatic nitrogens is 4. The molecule has 8 nitrogen and oxygen atoms in total. The predicted octanol–water partition coefficient (Wildman–Crippen LogP) is 4.79. The molecule has 4 aromatic rings. The minimum atomic E-state index is -0.249. The first-order valence-corrected chi connectivity index (χ1v) is 10.6. The molecular formula is C24H23N5O3. The molecule has 0 atom stereocenters. The quantitative estimate of drug-likeness (QED) is 0.438. The molecule has 162 valence electrons. The maximum absolute atomic E-state index is 12.9. The van der Waals surface area contributed by atoms with Gasteiger partial charge in [-0.1, -0.05) is 17.3 Å². The molecule has 1 amide bonds. The van der Waals surface area contributed by atoms with E-state index in [9.17, 15) is 4.79 Å². The topological polar surface area (TPSA) is 106 Å². The fraction of sp³-hybridized carbons (Fsp3) is 0.250. The molecule has 0 unspecified atom stereocenters. The number of hydrogen-bond donors (Lipinski definition) is 2. The van der Waals surface area contributed by atoms with Crippen molar-refractivity contribution in [1.82, 2.24) is 20.3 Å². The molecule has 1 fully saturated rings. The van der Waals surface area contributed by atoms with Crippen molar-refractivity contribution >= 4 is 11.6 Å². The maximum atomic E-state index is 12.9. The normalized spacial score (nSPS) is 13.2. The lowest BCUT2D eigenvalue weighted by atomic mass is 10.1. The Kier molecular flexibility index (Phi) is 5.18. The highest BCUT2D eigenvalue weighted by Crippen LogP contribution is 2.38. The lowest BCUT2D eigenvalue weighted by Crippen LogP contribution is -2.13. The fourth-order valence-corrected chi connectivity index (χ4v) is 3.48. The van der Waals surface area contributed by atoms with Gasteiger partial charge in [0.05, 0.1) is 16.8 Å². The second kappa shape index (κ2) is 8.30. The summed E-state index contributed by atoms with van der Waals surface area (Å²) >= 11 is 0. The van der Waals surface area contributed by atoms with Crippen molar-refractivity contribution in [3.63, 3.8) is 0 Å². The number of carbonyl (C=O) groups is 1. The molecule has 1 aliphatic carbocycles. The lowest BCUT2D eigenvalue weighted by molar-refractivity contribution is 0.102. The van der Waals surface area contributed by atoms with Crippen LogP contribution in [0.1, 0.15) is 52.0 Å². The average molecular weight is 429 g/mol. The van der Waals surface area contributed by atoms with Crippen molar-refractivity contribution in [1.29, 1.82) is 0 Å². The van der Waals surface area contributed by atoms with Crippen LogP contribution in [0.3, 0.4) is 0 Å². The molecule has 5 rings (SSSR count). The van der Waals surface area contributed by atoms with Crippen LogP contribution in [-0.4, -0.2) is 26.2 Å². The van der Waals surface area contributed by atoms with E-state index < -0.39 is 0 Å². The van der Waals surface area contributed by atoms with Gasteiger partial charge in [0.1, 0.15) is 23.9 Å². The average Bonchev–Trinajstić information content (AvgIpc) is 3.45. The zero-order chi connectivity index (χ0) is 22.1. The summed E-state index contributed by atoms with van der Waals surface area (Å²) in [6.45, 7) is 3.98. The van der Waals surface area contributed by atoms with Crippen LogP contribution in [0.15, 0.2) is 53.1 Å². The first-order valence-electron chi connectivity index (χ1n) is 10.6. The Morgan fingerprint density at radius 2 is 1.94 bits per heavy atom. The van der Waals surface area contributed by atoms with E-state index >= 15 is 0 Å². The van der Waals surface area contributed by atoms with Crippen molar-refractivity contribution in [3.05, 3.63) is 76.9 Å². The third-order valence-corrected chi connectivity index (χ3v) is 5.55. The fourth-order valence-electron chi connectivity index (χ4n) is 3.48. The molecule has 2 aromatic heterocycles. The second-order valence-corrected chi connectivity index (χ2v) is 7.94. The first-order chi connectivity index (χ1) is 15.6. The number of ether oxygens (including phenoxy) is 1. The van der Waals surface area contributed by atoms with Gasteiger partial charge in [0.15, 0.2) is 5.82 Å². The van der Waals surface area contributed by atoms with Crippen molar-refractivity contribution in [3.8, 4) is 17.1 Å². The van der Waals surface area contributed by atoms with Gasteiger partial charge in [-0.2, -0.15) is 5.10 Å². The molecule has 2 aromatic carbocycles. The highest BCUT2D eigenvalue weighted by atomic mass is 16.5. The molecule has 2 N–H and O–H groups in total. The number of rotatable bonds is 7. The molecule has 2 heterocycles. The van der Waals surface area contributed by atoms with E-state index in [-0.39, 0.29) is 12.5 Å². The molecule has 0 radical (unpaired) electrons. The van der Waals surface area contributed by atoms with E-state index in [0.29, 0.717) is 34.5 Å². The van der Waals surface area contributed by atoms with Gasteiger partial charge >= 0.3 is 0 Å². The summed E-state index contributed by atoms with van der Waals surface area (Å²) in [5, 5.41) is 14.2. The monoisotopic (exact) mass is 429 g/mol. The molecule has 0 aliphatic heterocycles. The summed E-state index contributed by atoms with van der Waals surface area (Å²) < 4.78 is 11.1. The summed E-state index contributed by atoms with van der Waals surface area (Å²) in [4.78, 5) is 17.5. The zero-order valence-electron chi connectivity index (χ0n) is 17.9.